The standard InChI is InChI=1S/C19H23ClN2O2/c1-14(2)12-19(23)22-9-7-21(8-10-22)17-6-5-15(20)13-16(17)18-4-3-11-24-18/h3-6,11,13-14H,7-10,12H2,1-2H3. The fourth-order valence-corrected chi connectivity index (χ4v) is 3.26. The highest BCUT2D eigenvalue weighted by atomic mass is 35.5. The molecular formula is C19H23ClN2O2. The highest BCUT2D eigenvalue weighted by Crippen LogP contribution is 2.34. The molecule has 1 saturated heterocycles. The van der Waals surface area contributed by atoms with Crippen LogP contribution in [0, 0.1) is 5.92 Å². The Labute approximate surface area is 148 Å². The smallest absolute Gasteiger partial charge is 0.222 e. The van der Waals surface area contributed by atoms with Crippen molar-refractivity contribution < 1.29 is 9.21 Å². The summed E-state index contributed by atoms with van der Waals surface area (Å²) < 4.78 is 5.56. The first-order valence-electron chi connectivity index (χ1n) is 8.40. The van der Waals surface area contributed by atoms with E-state index in [9.17, 15) is 4.79 Å². The van der Waals surface area contributed by atoms with E-state index in [-0.39, 0.29) is 5.91 Å². The van der Waals surface area contributed by atoms with Gasteiger partial charge >= 0.3 is 0 Å². The molecule has 24 heavy (non-hydrogen) atoms. The number of carbonyl (C=O) groups is 1. The van der Waals surface area contributed by atoms with Crippen LogP contribution in [-0.2, 0) is 4.79 Å². The average molecular weight is 347 g/mol. The Morgan fingerprint density at radius 1 is 1.21 bits per heavy atom. The molecule has 0 aliphatic carbocycles. The first-order chi connectivity index (χ1) is 11.5. The molecule has 1 amide bonds. The molecule has 0 atom stereocenters. The van der Waals surface area contributed by atoms with Gasteiger partial charge in [0.05, 0.1) is 6.26 Å². The van der Waals surface area contributed by atoms with Crippen LogP contribution in [0.4, 0.5) is 5.69 Å². The molecule has 1 aromatic carbocycles. The van der Waals surface area contributed by atoms with Crippen molar-refractivity contribution >= 4 is 23.2 Å². The van der Waals surface area contributed by atoms with Crippen LogP contribution < -0.4 is 4.90 Å². The number of furan rings is 1. The summed E-state index contributed by atoms with van der Waals surface area (Å²) in [5.74, 6) is 1.47. The van der Waals surface area contributed by atoms with Gasteiger partial charge in [-0.3, -0.25) is 4.79 Å². The molecule has 2 aromatic rings. The van der Waals surface area contributed by atoms with Crippen molar-refractivity contribution in [2.24, 2.45) is 5.92 Å². The minimum Gasteiger partial charge on any atom is -0.464 e. The summed E-state index contributed by atoms with van der Waals surface area (Å²) in [4.78, 5) is 16.5. The summed E-state index contributed by atoms with van der Waals surface area (Å²) in [6, 6.07) is 9.69. The quantitative estimate of drug-likeness (QED) is 0.828. The maximum atomic E-state index is 12.2. The van der Waals surface area contributed by atoms with E-state index < -0.39 is 0 Å². The SMILES string of the molecule is CC(C)CC(=O)N1CCN(c2ccc(Cl)cc2-c2ccco2)CC1. The van der Waals surface area contributed by atoms with Gasteiger partial charge in [0.25, 0.3) is 0 Å². The van der Waals surface area contributed by atoms with Crippen LogP contribution in [0.2, 0.25) is 5.02 Å². The fraction of sp³-hybridized carbons (Fsp3) is 0.421. The zero-order valence-electron chi connectivity index (χ0n) is 14.2. The van der Waals surface area contributed by atoms with Crippen molar-refractivity contribution in [3.05, 3.63) is 41.6 Å². The van der Waals surface area contributed by atoms with Gasteiger partial charge in [0.15, 0.2) is 0 Å². The van der Waals surface area contributed by atoms with E-state index in [0.29, 0.717) is 17.4 Å². The van der Waals surface area contributed by atoms with E-state index >= 15 is 0 Å². The predicted molar refractivity (Wildman–Crippen MR) is 97.4 cm³/mol. The Balaban J connectivity index is 1.74. The van der Waals surface area contributed by atoms with Crippen molar-refractivity contribution in [2.45, 2.75) is 20.3 Å². The van der Waals surface area contributed by atoms with E-state index in [4.69, 9.17) is 16.0 Å². The summed E-state index contributed by atoms with van der Waals surface area (Å²) in [5.41, 5.74) is 2.10. The molecule has 0 spiro atoms. The molecule has 0 saturated carbocycles. The maximum Gasteiger partial charge on any atom is 0.222 e. The zero-order chi connectivity index (χ0) is 17.1. The van der Waals surface area contributed by atoms with Gasteiger partial charge in [-0.05, 0) is 36.2 Å². The number of nitrogens with zero attached hydrogens (tertiary/aromatic N) is 2. The summed E-state index contributed by atoms with van der Waals surface area (Å²) in [6.07, 6.45) is 2.29. The Hall–Kier alpha value is -1.94. The molecule has 1 fully saturated rings. The number of benzene rings is 1. The van der Waals surface area contributed by atoms with E-state index in [1.54, 1.807) is 6.26 Å². The number of rotatable bonds is 4. The lowest BCUT2D eigenvalue weighted by molar-refractivity contribution is -0.132. The molecule has 0 N–H and O–H groups in total. The minimum absolute atomic E-state index is 0.256. The Kier molecular flexibility index (Phi) is 5.14. The third kappa shape index (κ3) is 3.75. The summed E-state index contributed by atoms with van der Waals surface area (Å²) >= 11 is 6.17. The molecule has 2 heterocycles. The molecule has 1 aliphatic rings. The lowest BCUT2D eigenvalue weighted by Crippen LogP contribution is -2.49. The summed E-state index contributed by atoms with van der Waals surface area (Å²) in [5, 5.41) is 0.691. The van der Waals surface area contributed by atoms with Gasteiger partial charge in [-0.2, -0.15) is 0 Å². The molecule has 0 bridgehead atoms. The molecule has 0 radical (unpaired) electrons. The Morgan fingerprint density at radius 3 is 2.58 bits per heavy atom. The highest BCUT2D eigenvalue weighted by molar-refractivity contribution is 6.31. The second-order valence-electron chi connectivity index (χ2n) is 6.60. The fourth-order valence-electron chi connectivity index (χ4n) is 3.09. The lowest BCUT2D eigenvalue weighted by Gasteiger charge is -2.37. The van der Waals surface area contributed by atoms with E-state index in [0.717, 1.165) is 43.2 Å². The molecule has 5 heteroatoms. The number of anilines is 1. The topological polar surface area (TPSA) is 36.7 Å². The highest BCUT2D eigenvalue weighted by Gasteiger charge is 2.23. The summed E-state index contributed by atoms with van der Waals surface area (Å²) in [7, 11) is 0. The van der Waals surface area contributed by atoms with Crippen LogP contribution in [0.3, 0.4) is 0 Å². The lowest BCUT2D eigenvalue weighted by atomic mass is 10.1. The number of piperazine rings is 1. The molecule has 0 unspecified atom stereocenters. The number of hydrogen-bond donors (Lipinski definition) is 0. The summed E-state index contributed by atoms with van der Waals surface area (Å²) in [6.45, 7) is 7.31. The maximum absolute atomic E-state index is 12.2. The Bertz CT molecular complexity index is 689. The van der Waals surface area contributed by atoms with E-state index in [1.165, 1.54) is 0 Å². The number of halogens is 1. The van der Waals surface area contributed by atoms with Crippen LogP contribution in [-0.4, -0.2) is 37.0 Å². The van der Waals surface area contributed by atoms with Crippen LogP contribution >= 0.6 is 11.6 Å². The van der Waals surface area contributed by atoms with Crippen molar-refractivity contribution in [2.75, 3.05) is 31.1 Å². The van der Waals surface area contributed by atoms with Gasteiger partial charge in [-0.15, -0.1) is 0 Å². The predicted octanol–water partition coefficient (Wildman–Crippen LogP) is 4.29. The Morgan fingerprint density at radius 2 is 1.96 bits per heavy atom. The van der Waals surface area contributed by atoms with Crippen LogP contribution in [0.25, 0.3) is 11.3 Å². The van der Waals surface area contributed by atoms with Crippen LogP contribution in [0.15, 0.2) is 41.0 Å². The molecule has 4 nitrogen and oxygen atoms in total. The van der Waals surface area contributed by atoms with Gasteiger partial charge in [0.1, 0.15) is 5.76 Å². The van der Waals surface area contributed by atoms with Crippen LogP contribution in [0.5, 0.6) is 0 Å². The molecule has 1 aromatic heterocycles. The van der Waals surface area contributed by atoms with E-state index in [1.807, 2.05) is 35.2 Å². The minimum atomic E-state index is 0.256. The van der Waals surface area contributed by atoms with Gasteiger partial charge in [-0.25, -0.2) is 0 Å². The normalized spacial score (nSPS) is 15.2. The third-order valence-electron chi connectivity index (χ3n) is 4.30. The van der Waals surface area contributed by atoms with Gasteiger partial charge < -0.3 is 14.2 Å². The largest absolute Gasteiger partial charge is 0.464 e. The first kappa shape index (κ1) is 16.9. The van der Waals surface area contributed by atoms with Gasteiger partial charge in [0, 0.05) is 48.9 Å². The molecule has 1 aliphatic heterocycles. The van der Waals surface area contributed by atoms with Crippen molar-refractivity contribution in [3.63, 3.8) is 0 Å². The third-order valence-corrected chi connectivity index (χ3v) is 4.54. The zero-order valence-corrected chi connectivity index (χ0v) is 14.9. The number of hydrogen-bond acceptors (Lipinski definition) is 3. The first-order valence-corrected chi connectivity index (χ1v) is 8.78. The number of amides is 1. The van der Waals surface area contributed by atoms with Crippen molar-refractivity contribution in [1.29, 1.82) is 0 Å². The van der Waals surface area contributed by atoms with Gasteiger partial charge in [-0.1, -0.05) is 25.4 Å². The monoisotopic (exact) mass is 346 g/mol. The van der Waals surface area contributed by atoms with E-state index in [2.05, 4.69) is 18.7 Å². The van der Waals surface area contributed by atoms with Crippen molar-refractivity contribution in [1.82, 2.24) is 4.90 Å². The second-order valence-corrected chi connectivity index (χ2v) is 7.04. The molecule has 3 rings (SSSR count). The average Bonchev–Trinajstić information content (AvgIpc) is 3.09. The molecular weight excluding hydrogens is 324 g/mol. The van der Waals surface area contributed by atoms with Crippen molar-refractivity contribution in [3.8, 4) is 11.3 Å². The second kappa shape index (κ2) is 7.31. The van der Waals surface area contributed by atoms with Gasteiger partial charge in [0.2, 0.25) is 5.91 Å². The molecule has 128 valence electrons. The number of carbonyl (C=O) groups excluding carboxylic acids is 1. The van der Waals surface area contributed by atoms with Crippen LogP contribution in [0.1, 0.15) is 20.3 Å².